The minimum Gasteiger partial charge on any atom is -0.314 e. The first-order valence-corrected chi connectivity index (χ1v) is 6.65. The van der Waals surface area contributed by atoms with E-state index >= 15 is 0 Å². The fourth-order valence-corrected chi connectivity index (χ4v) is 1.75. The van der Waals surface area contributed by atoms with Crippen molar-refractivity contribution in [2.24, 2.45) is 5.92 Å². The molecular formula is C13H28N2. The van der Waals surface area contributed by atoms with E-state index in [9.17, 15) is 0 Å². The molecule has 0 heterocycles. The molecule has 0 bridgehead atoms. The molecule has 0 aromatic rings. The second-order valence-electron chi connectivity index (χ2n) is 5.39. The monoisotopic (exact) mass is 212 g/mol. The van der Waals surface area contributed by atoms with Gasteiger partial charge in [0.05, 0.1) is 0 Å². The van der Waals surface area contributed by atoms with Gasteiger partial charge in [-0.3, -0.25) is 0 Å². The zero-order valence-electron chi connectivity index (χ0n) is 10.7. The summed E-state index contributed by atoms with van der Waals surface area (Å²) in [4.78, 5) is 0. The largest absolute Gasteiger partial charge is 0.314 e. The maximum atomic E-state index is 3.56. The Labute approximate surface area is 95.2 Å². The first kappa shape index (κ1) is 13.0. The third-order valence-corrected chi connectivity index (χ3v) is 3.01. The molecule has 90 valence electrons. The maximum Gasteiger partial charge on any atom is 0.00682 e. The fourth-order valence-electron chi connectivity index (χ4n) is 1.75. The van der Waals surface area contributed by atoms with Crippen molar-refractivity contribution in [3.05, 3.63) is 0 Å². The van der Waals surface area contributed by atoms with Crippen LogP contribution in [0.15, 0.2) is 0 Å². The Morgan fingerprint density at radius 1 is 1.13 bits per heavy atom. The van der Waals surface area contributed by atoms with Gasteiger partial charge in [0, 0.05) is 12.1 Å². The van der Waals surface area contributed by atoms with Gasteiger partial charge in [-0.05, 0) is 44.7 Å². The number of unbranched alkanes of at least 4 members (excludes halogenated alkanes) is 1. The Morgan fingerprint density at radius 2 is 1.87 bits per heavy atom. The van der Waals surface area contributed by atoms with Crippen molar-refractivity contribution in [3.63, 3.8) is 0 Å². The predicted molar refractivity (Wildman–Crippen MR) is 67.2 cm³/mol. The van der Waals surface area contributed by atoms with Crippen LogP contribution in [0.4, 0.5) is 0 Å². The van der Waals surface area contributed by atoms with E-state index < -0.39 is 0 Å². The second-order valence-corrected chi connectivity index (χ2v) is 5.39. The molecule has 1 saturated carbocycles. The summed E-state index contributed by atoms with van der Waals surface area (Å²) in [6.45, 7) is 9.19. The van der Waals surface area contributed by atoms with E-state index in [0.29, 0.717) is 6.04 Å². The Bertz CT molecular complexity index is 153. The zero-order chi connectivity index (χ0) is 11.1. The van der Waals surface area contributed by atoms with Gasteiger partial charge < -0.3 is 10.6 Å². The average Bonchev–Trinajstić information content (AvgIpc) is 2.98. The molecule has 0 aromatic heterocycles. The summed E-state index contributed by atoms with van der Waals surface area (Å²) in [6, 6.07) is 1.51. The molecule has 0 aromatic carbocycles. The van der Waals surface area contributed by atoms with Gasteiger partial charge in [-0.25, -0.2) is 0 Å². The van der Waals surface area contributed by atoms with E-state index in [0.717, 1.165) is 12.0 Å². The van der Waals surface area contributed by atoms with Crippen molar-refractivity contribution in [3.8, 4) is 0 Å². The zero-order valence-corrected chi connectivity index (χ0v) is 10.7. The van der Waals surface area contributed by atoms with Crippen molar-refractivity contribution >= 4 is 0 Å². The molecule has 0 radical (unpaired) electrons. The standard InChI is InChI=1S/C13H28N2/c1-11(2)15-10-12(3)6-4-5-9-14-13-7-8-13/h11-15H,4-10H2,1-3H3. The van der Waals surface area contributed by atoms with Crippen LogP contribution in [0.3, 0.4) is 0 Å². The van der Waals surface area contributed by atoms with Crippen LogP contribution in [0.1, 0.15) is 52.9 Å². The molecular weight excluding hydrogens is 184 g/mol. The van der Waals surface area contributed by atoms with Crippen LogP contribution in [0.2, 0.25) is 0 Å². The van der Waals surface area contributed by atoms with Gasteiger partial charge in [0.25, 0.3) is 0 Å². The SMILES string of the molecule is CC(CCCCNC1CC1)CNC(C)C. The van der Waals surface area contributed by atoms with Gasteiger partial charge in [0.15, 0.2) is 0 Å². The summed E-state index contributed by atoms with van der Waals surface area (Å²) in [5, 5.41) is 7.06. The van der Waals surface area contributed by atoms with Crippen LogP contribution >= 0.6 is 0 Å². The molecule has 1 fully saturated rings. The minimum absolute atomic E-state index is 0.629. The highest BCUT2D eigenvalue weighted by atomic mass is 14.9. The number of rotatable bonds is 9. The summed E-state index contributed by atoms with van der Waals surface area (Å²) in [5.41, 5.74) is 0. The lowest BCUT2D eigenvalue weighted by atomic mass is 10.0. The van der Waals surface area contributed by atoms with Crippen molar-refractivity contribution in [2.45, 2.75) is 65.0 Å². The Morgan fingerprint density at radius 3 is 2.47 bits per heavy atom. The molecule has 2 N–H and O–H groups in total. The summed E-state index contributed by atoms with van der Waals surface area (Å²) < 4.78 is 0. The lowest BCUT2D eigenvalue weighted by Crippen LogP contribution is -2.27. The molecule has 2 nitrogen and oxygen atoms in total. The summed E-state index contributed by atoms with van der Waals surface area (Å²) in [5.74, 6) is 0.827. The van der Waals surface area contributed by atoms with Gasteiger partial charge in [0.1, 0.15) is 0 Å². The third kappa shape index (κ3) is 7.80. The maximum absolute atomic E-state index is 3.56. The number of hydrogen-bond acceptors (Lipinski definition) is 2. The summed E-state index contributed by atoms with van der Waals surface area (Å²) in [6.07, 6.45) is 6.92. The highest BCUT2D eigenvalue weighted by Gasteiger charge is 2.19. The number of nitrogens with one attached hydrogen (secondary N) is 2. The van der Waals surface area contributed by atoms with Crippen LogP contribution in [0, 0.1) is 5.92 Å². The molecule has 1 atom stereocenters. The smallest absolute Gasteiger partial charge is 0.00682 e. The molecule has 0 saturated heterocycles. The Balaban J connectivity index is 1.80. The van der Waals surface area contributed by atoms with Crippen LogP contribution in [0.5, 0.6) is 0 Å². The normalized spacial score (nSPS) is 18.4. The van der Waals surface area contributed by atoms with Crippen molar-refractivity contribution < 1.29 is 0 Å². The highest BCUT2D eigenvalue weighted by Crippen LogP contribution is 2.18. The fraction of sp³-hybridized carbons (Fsp3) is 1.00. The van der Waals surface area contributed by atoms with Crippen LogP contribution in [-0.2, 0) is 0 Å². The first-order valence-electron chi connectivity index (χ1n) is 6.65. The van der Waals surface area contributed by atoms with E-state index in [1.807, 2.05) is 0 Å². The van der Waals surface area contributed by atoms with Gasteiger partial charge in [-0.15, -0.1) is 0 Å². The van der Waals surface area contributed by atoms with Crippen LogP contribution in [0.25, 0.3) is 0 Å². The van der Waals surface area contributed by atoms with Gasteiger partial charge in [0.2, 0.25) is 0 Å². The second kappa shape index (κ2) is 7.24. The lowest BCUT2D eigenvalue weighted by Gasteiger charge is -2.14. The summed E-state index contributed by atoms with van der Waals surface area (Å²) in [7, 11) is 0. The topological polar surface area (TPSA) is 24.1 Å². The molecule has 1 unspecified atom stereocenters. The van der Waals surface area contributed by atoms with E-state index in [-0.39, 0.29) is 0 Å². The third-order valence-electron chi connectivity index (χ3n) is 3.01. The van der Waals surface area contributed by atoms with E-state index in [2.05, 4.69) is 31.4 Å². The van der Waals surface area contributed by atoms with Crippen molar-refractivity contribution in [1.82, 2.24) is 10.6 Å². The molecule has 2 heteroatoms. The molecule has 1 aliphatic rings. The first-order chi connectivity index (χ1) is 7.18. The highest BCUT2D eigenvalue weighted by molar-refractivity contribution is 4.80. The van der Waals surface area contributed by atoms with Gasteiger partial charge in [-0.1, -0.05) is 27.2 Å². The Kier molecular flexibility index (Phi) is 6.26. The van der Waals surface area contributed by atoms with Gasteiger partial charge >= 0.3 is 0 Å². The van der Waals surface area contributed by atoms with Crippen molar-refractivity contribution in [2.75, 3.05) is 13.1 Å². The van der Waals surface area contributed by atoms with Crippen molar-refractivity contribution in [1.29, 1.82) is 0 Å². The van der Waals surface area contributed by atoms with E-state index in [1.165, 1.54) is 45.2 Å². The minimum atomic E-state index is 0.629. The van der Waals surface area contributed by atoms with Crippen LogP contribution < -0.4 is 10.6 Å². The van der Waals surface area contributed by atoms with E-state index in [1.54, 1.807) is 0 Å². The van der Waals surface area contributed by atoms with E-state index in [4.69, 9.17) is 0 Å². The lowest BCUT2D eigenvalue weighted by molar-refractivity contribution is 0.434. The van der Waals surface area contributed by atoms with Gasteiger partial charge in [-0.2, -0.15) is 0 Å². The molecule has 0 aliphatic heterocycles. The number of hydrogen-bond donors (Lipinski definition) is 2. The molecule has 1 aliphatic carbocycles. The molecule has 0 spiro atoms. The predicted octanol–water partition coefficient (Wildman–Crippen LogP) is 2.54. The Hall–Kier alpha value is -0.0800. The summed E-state index contributed by atoms with van der Waals surface area (Å²) >= 11 is 0. The quantitative estimate of drug-likeness (QED) is 0.574. The molecule has 15 heavy (non-hydrogen) atoms. The average molecular weight is 212 g/mol. The molecule has 0 amide bonds. The molecule has 1 rings (SSSR count). The van der Waals surface area contributed by atoms with Crippen LogP contribution in [-0.4, -0.2) is 25.2 Å².